The molecule has 0 rings (SSSR count). The molecular formula is H6AlF3O3. The van der Waals surface area contributed by atoms with Gasteiger partial charge in [-0.3, -0.25) is 0 Å². The maximum Gasteiger partial charge on any atom is 1.04 e. The van der Waals surface area contributed by atoms with Crippen LogP contribution in [0.4, 0.5) is 10.6 Å². The van der Waals surface area contributed by atoms with Crippen LogP contribution in [0.25, 0.3) is 0 Å². The molecule has 0 heterocycles. The molecule has 0 saturated heterocycles. The van der Waals surface area contributed by atoms with Gasteiger partial charge in [-0.2, -0.15) is 0 Å². The first-order valence-electron chi connectivity index (χ1n) is 0.655. The summed E-state index contributed by atoms with van der Waals surface area (Å²) in [4.78, 5) is 0. The van der Waals surface area contributed by atoms with Crippen molar-refractivity contribution in [2.45, 2.75) is 0 Å². The van der Waals surface area contributed by atoms with Crippen LogP contribution in [0, 0.1) is 0 Å². The summed E-state index contributed by atoms with van der Waals surface area (Å²) in [6.45, 7) is 0. The minimum Gasteiger partial charge on any atom is -0.412 e. The van der Waals surface area contributed by atoms with Gasteiger partial charge in [0.25, 0.3) is 0 Å². The molecule has 48 valence electrons. The van der Waals surface area contributed by atoms with Gasteiger partial charge in [0.15, 0.2) is 0 Å². The molecule has 0 aromatic heterocycles. The second-order valence-electron chi connectivity index (χ2n) is 0.247. The lowest BCUT2D eigenvalue weighted by molar-refractivity contribution is 0.535. The Kier molecular flexibility index (Phi) is 63.2. The Hall–Kier alpha value is 0.202. The quantitative estimate of drug-likeness (QED) is 0.360. The summed E-state index contributed by atoms with van der Waals surface area (Å²) >= 11 is -4.64. The Morgan fingerprint density at radius 1 is 0.714 bits per heavy atom. The lowest BCUT2D eigenvalue weighted by atomic mass is 16.0. The van der Waals surface area contributed by atoms with Crippen LogP contribution < -0.4 is 0 Å². The maximum atomic E-state index is 9.81. The third kappa shape index (κ3) is 2670. The van der Waals surface area contributed by atoms with Crippen molar-refractivity contribution < 1.29 is 27.0 Å². The monoisotopic (exact) mass is 138 g/mol. The van der Waals surface area contributed by atoms with Crippen molar-refractivity contribution in [3.8, 4) is 0 Å². The largest absolute Gasteiger partial charge is 1.04 e. The second-order valence-corrected chi connectivity index (χ2v) is 0.742. The summed E-state index contributed by atoms with van der Waals surface area (Å²) in [6, 6.07) is 0. The minimum absolute atomic E-state index is 0. The highest BCUT2D eigenvalue weighted by molar-refractivity contribution is 6.33. The highest BCUT2D eigenvalue weighted by Crippen LogP contribution is 1.80. The Labute approximate surface area is 43.5 Å². The van der Waals surface area contributed by atoms with E-state index in [1.807, 2.05) is 0 Å². The van der Waals surface area contributed by atoms with E-state index >= 15 is 0 Å². The molecule has 0 saturated carbocycles. The summed E-state index contributed by atoms with van der Waals surface area (Å²) in [5.41, 5.74) is 0. The summed E-state index contributed by atoms with van der Waals surface area (Å²) < 4.78 is 29.4. The lowest BCUT2D eigenvalue weighted by Crippen LogP contribution is -1.76. The van der Waals surface area contributed by atoms with Crippen molar-refractivity contribution in [2.75, 3.05) is 0 Å². The molecule has 0 unspecified atom stereocenters. The maximum absolute atomic E-state index is 9.81. The molecule has 0 amide bonds. The van der Waals surface area contributed by atoms with Crippen LogP contribution in [-0.2, 0) is 0 Å². The summed E-state index contributed by atoms with van der Waals surface area (Å²) in [5, 5.41) is 0. The fourth-order valence-electron chi connectivity index (χ4n) is 0. The van der Waals surface area contributed by atoms with Crippen LogP contribution in [0.3, 0.4) is 0 Å². The molecule has 7 heavy (non-hydrogen) atoms. The van der Waals surface area contributed by atoms with Crippen LogP contribution in [0.15, 0.2) is 0 Å². The van der Waals surface area contributed by atoms with E-state index in [1.165, 1.54) is 0 Å². The first kappa shape index (κ1) is 27.0. The van der Waals surface area contributed by atoms with Crippen molar-refractivity contribution in [3.05, 3.63) is 0 Å². The molecule has 3 nitrogen and oxygen atoms in total. The lowest BCUT2D eigenvalue weighted by Gasteiger charge is -1.52. The molecule has 0 aliphatic rings. The van der Waals surface area contributed by atoms with Gasteiger partial charge in [0, 0.05) is 0 Å². The van der Waals surface area contributed by atoms with Crippen molar-refractivity contribution in [1.29, 1.82) is 0 Å². The van der Waals surface area contributed by atoms with Gasteiger partial charge in [-0.15, -0.1) is 0 Å². The van der Waals surface area contributed by atoms with E-state index in [1.54, 1.807) is 0 Å². The van der Waals surface area contributed by atoms with E-state index in [0.29, 0.717) is 0 Å². The van der Waals surface area contributed by atoms with E-state index in [0.717, 1.165) is 0 Å². The van der Waals surface area contributed by atoms with Crippen LogP contribution >= 0.6 is 0 Å². The van der Waals surface area contributed by atoms with Gasteiger partial charge in [0.1, 0.15) is 0 Å². The first-order chi connectivity index (χ1) is 1.73. The summed E-state index contributed by atoms with van der Waals surface area (Å²) in [5.74, 6) is 0. The van der Waals surface area contributed by atoms with Crippen LogP contribution in [0.5, 0.6) is 0 Å². The standard InChI is InChI=1S/Al.3FH.3H2O/h;3*1H;3*1H2/q+3;;;;;;/p-3. The van der Waals surface area contributed by atoms with Gasteiger partial charge in [0.2, 0.25) is 0 Å². The van der Waals surface area contributed by atoms with Gasteiger partial charge in [0.05, 0.1) is 0 Å². The summed E-state index contributed by atoms with van der Waals surface area (Å²) in [7, 11) is 0. The number of hydrogen-bond donors (Lipinski definition) is 0. The zero-order valence-electron chi connectivity index (χ0n) is 3.21. The van der Waals surface area contributed by atoms with E-state index in [-0.39, 0.29) is 16.4 Å². The zero-order chi connectivity index (χ0) is 3.58. The fourth-order valence-corrected chi connectivity index (χ4v) is 0. The van der Waals surface area contributed by atoms with Gasteiger partial charge in [-0.05, 0) is 0 Å². The van der Waals surface area contributed by atoms with Gasteiger partial charge < -0.3 is 27.0 Å². The van der Waals surface area contributed by atoms with Crippen molar-refractivity contribution in [1.82, 2.24) is 0 Å². The molecule has 0 aromatic carbocycles. The van der Waals surface area contributed by atoms with Gasteiger partial charge >= 0.3 is 15.5 Å². The van der Waals surface area contributed by atoms with Crippen molar-refractivity contribution >= 4 is 15.5 Å². The molecule has 0 spiro atoms. The molecule has 0 atom stereocenters. The Morgan fingerprint density at radius 2 is 0.714 bits per heavy atom. The average Bonchev–Trinajstić information content (AvgIpc) is 0.811. The van der Waals surface area contributed by atoms with E-state index in [9.17, 15) is 10.6 Å². The van der Waals surface area contributed by atoms with E-state index in [2.05, 4.69) is 0 Å². The van der Waals surface area contributed by atoms with Crippen LogP contribution in [-0.4, -0.2) is 32.0 Å². The molecule has 0 aromatic rings. The molecule has 0 aliphatic carbocycles. The predicted molar refractivity (Wildman–Crippen MR) is 19.9 cm³/mol. The van der Waals surface area contributed by atoms with Crippen molar-refractivity contribution in [3.63, 3.8) is 0 Å². The highest BCUT2D eigenvalue weighted by Gasteiger charge is 2.21. The second kappa shape index (κ2) is 16.4. The van der Waals surface area contributed by atoms with E-state index in [4.69, 9.17) is 0 Å². The fraction of sp³-hybridized carbons (Fsp3) is 0. The molecule has 0 radical (unpaired) electrons. The van der Waals surface area contributed by atoms with Gasteiger partial charge in [-0.25, -0.2) is 0 Å². The average molecular weight is 138 g/mol. The molecular weight excluding hydrogens is 132 g/mol. The molecule has 0 fully saturated rings. The zero-order valence-corrected chi connectivity index (χ0v) is 4.37. The third-order valence-corrected chi connectivity index (χ3v) is 0. The Bertz CT molecular complexity index is 14.9. The molecule has 0 aliphatic heterocycles. The third-order valence-electron chi connectivity index (χ3n) is 0. The normalized spacial score (nSPS) is 3.86. The predicted octanol–water partition coefficient (Wildman–Crippen LogP) is -1.59. The SMILES string of the molecule is O.O.O.[F][Al]([F])[F]. The minimum atomic E-state index is -4.64. The van der Waals surface area contributed by atoms with E-state index < -0.39 is 15.5 Å². The number of rotatable bonds is 0. The Balaban J connectivity index is -0.0000000150. The topological polar surface area (TPSA) is 94.5 Å². The highest BCUT2D eigenvalue weighted by atomic mass is 27.3. The first-order valence-corrected chi connectivity index (χ1v) is 1.96. The Morgan fingerprint density at radius 3 is 0.714 bits per heavy atom. The molecule has 7 heteroatoms. The molecule has 0 bridgehead atoms. The van der Waals surface area contributed by atoms with Crippen molar-refractivity contribution in [2.24, 2.45) is 0 Å². The molecule has 6 N–H and O–H groups in total. The number of hydrogen-bond acceptors (Lipinski definition) is 0. The number of halogens is 3. The van der Waals surface area contributed by atoms with Crippen LogP contribution in [0.1, 0.15) is 0 Å². The van der Waals surface area contributed by atoms with Crippen LogP contribution in [0.2, 0.25) is 0 Å². The summed E-state index contributed by atoms with van der Waals surface area (Å²) in [6.07, 6.45) is 0. The smallest absolute Gasteiger partial charge is 0.412 e. The van der Waals surface area contributed by atoms with Gasteiger partial charge in [-0.1, -0.05) is 0 Å².